The summed E-state index contributed by atoms with van der Waals surface area (Å²) in [6.45, 7) is 1.30. The zero-order chi connectivity index (χ0) is 11.4. The van der Waals surface area contributed by atoms with Crippen LogP contribution in [0.3, 0.4) is 0 Å². The molecule has 4 nitrogen and oxygen atoms in total. The maximum atomic E-state index is 13.3. The minimum absolute atomic E-state index is 0.0891. The molecule has 0 amide bonds. The van der Waals surface area contributed by atoms with Crippen molar-refractivity contribution in [1.29, 1.82) is 0 Å². The third-order valence-corrected chi connectivity index (χ3v) is 1.93. The number of benzene rings is 1. The molecule has 5 heteroatoms. The van der Waals surface area contributed by atoms with Crippen LogP contribution in [-0.4, -0.2) is 10.7 Å². The number of alkyl halides is 1. The molecule has 0 aliphatic rings. The van der Waals surface area contributed by atoms with Crippen LogP contribution in [0.25, 0.3) is 0 Å². The molecule has 0 bridgehead atoms. The quantitative estimate of drug-likeness (QED) is 0.566. The number of carbonyl (C=O) groups excluding carboxylic acids is 1. The number of non-ortho nitro benzene ring substituents is 1. The molecule has 0 spiro atoms. The largest absolute Gasteiger partial charge is 0.300 e. The molecule has 1 aromatic rings. The summed E-state index contributed by atoms with van der Waals surface area (Å²) in [5, 5.41) is 10.3. The first kappa shape index (κ1) is 11.3. The highest BCUT2D eigenvalue weighted by Gasteiger charge is 2.13. The van der Waals surface area contributed by atoms with E-state index in [0.717, 1.165) is 0 Å². The monoisotopic (exact) mass is 210 g/mol. The number of halogens is 1. The molecular formula is C10H10FNO3. The second-order valence-corrected chi connectivity index (χ2v) is 3.22. The number of nitro groups is 1. The van der Waals surface area contributed by atoms with Crippen LogP contribution in [-0.2, 0) is 4.79 Å². The van der Waals surface area contributed by atoms with Crippen molar-refractivity contribution in [3.63, 3.8) is 0 Å². The zero-order valence-electron chi connectivity index (χ0n) is 8.14. The van der Waals surface area contributed by atoms with E-state index >= 15 is 0 Å². The lowest BCUT2D eigenvalue weighted by Crippen LogP contribution is -1.99. The third-order valence-electron chi connectivity index (χ3n) is 1.93. The molecule has 0 N–H and O–H groups in total. The number of nitro benzene ring substituents is 1. The van der Waals surface area contributed by atoms with Gasteiger partial charge in [0.05, 0.1) is 4.92 Å². The van der Waals surface area contributed by atoms with Crippen molar-refractivity contribution in [3.05, 3.63) is 39.9 Å². The predicted molar refractivity (Wildman–Crippen MR) is 52.2 cm³/mol. The van der Waals surface area contributed by atoms with Crippen molar-refractivity contribution < 1.29 is 14.1 Å². The second-order valence-electron chi connectivity index (χ2n) is 3.22. The second kappa shape index (κ2) is 4.63. The molecule has 80 valence electrons. The number of carbonyl (C=O) groups is 1. The Morgan fingerprint density at radius 1 is 1.47 bits per heavy atom. The molecular weight excluding hydrogens is 200 g/mol. The van der Waals surface area contributed by atoms with Crippen LogP contribution in [0, 0.1) is 10.1 Å². The van der Waals surface area contributed by atoms with Gasteiger partial charge in [-0.1, -0.05) is 0 Å². The highest BCUT2D eigenvalue weighted by molar-refractivity contribution is 5.76. The Hall–Kier alpha value is -1.78. The van der Waals surface area contributed by atoms with E-state index in [1.54, 1.807) is 0 Å². The summed E-state index contributed by atoms with van der Waals surface area (Å²) in [7, 11) is 0. The summed E-state index contributed by atoms with van der Waals surface area (Å²) in [4.78, 5) is 20.4. The lowest BCUT2D eigenvalue weighted by Gasteiger charge is -2.05. The summed E-state index contributed by atoms with van der Waals surface area (Å²) in [5.74, 6) is -0.249. The topological polar surface area (TPSA) is 60.2 Å². The number of rotatable bonds is 4. The molecule has 1 atom stereocenters. The molecule has 15 heavy (non-hydrogen) atoms. The van der Waals surface area contributed by atoms with Crippen LogP contribution >= 0.6 is 0 Å². The van der Waals surface area contributed by atoms with Crippen LogP contribution < -0.4 is 0 Å². The first-order valence-electron chi connectivity index (χ1n) is 4.38. The number of hydrogen-bond acceptors (Lipinski definition) is 3. The van der Waals surface area contributed by atoms with E-state index in [-0.39, 0.29) is 23.5 Å². The molecule has 0 heterocycles. The van der Waals surface area contributed by atoms with Crippen LogP contribution in [0.5, 0.6) is 0 Å². The van der Waals surface area contributed by atoms with Gasteiger partial charge in [0.1, 0.15) is 12.0 Å². The molecule has 1 unspecified atom stereocenters. The fraction of sp³-hybridized carbons (Fsp3) is 0.300. The van der Waals surface area contributed by atoms with Crippen molar-refractivity contribution in [2.24, 2.45) is 0 Å². The Labute approximate surface area is 85.9 Å². The van der Waals surface area contributed by atoms with E-state index in [1.807, 2.05) is 0 Å². The van der Waals surface area contributed by atoms with Crippen molar-refractivity contribution in [2.45, 2.75) is 19.5 Å². The van der Waals surface area contributed by atoms with E-state index in [9.17, 15) is 19.3 Å². The minimum atomic E-state index is -1.39. The fourth-order valence-corrected chi connectivity index (χ4v) is 1.18. The van der Waals surface area contributed by atoms with Gasteiger partial charge in [0.15, 0.2) is 0 Å². The molecule has 0 aromatic heterocycles. The van der Waals surface area contributed by atoms with Crippen LogP contribution in [0.1, 0.15) is 25.1 Å². The molecule has 1 aromatic carbocycles. The normalized spacial score (nSPS) is 12.1. The average molecular weight is 210 g/mol. The number of hydrogen-bond donors (Lipinski definition) is 0. The smallest absolute Gasteiger partial charge is 0.269 e. The molecule has 0 saturated heterocycles. The van der Waals surface area contributed by atoms with Gasteiger partial charge in [-0.25, -0.2) is 4.39 Å². The minimum Gasteiger partial charge on any atom is -0.300 e. The van der Waals surface area contributed by atoms with Crippen LogP contribution in [0.2, 0.25) is 0 Å². The van der Waals surface area contributed by atoms with Crippen molar-refractivity contribution >= 4 is 11.5 Å². The van der Waals surface area contributed by atoms with Gasteiger partial charge in [0.25, 0.3) is 5.69 Å². The number of nitrogens with zero attached hydrogens (tertiary/aromatic N) is 1. The van der Waals surface area contributed by atoms with Gasteiger partial charge in [-0.2, -0.15) is 0 Å². The highest BCUT2D eigenvalue weighted by Crippen LogP contribution is 2.23. The first-order valence-corrected chi connectivity index (χ1v) is 4.38. The van der Waals surface area contributed by atoms with Gasteiger partial charge < -0.3 is 0 Å². The molecule has 0 aliphatic heterocycles. The molecule has 0 fully saturated rings. The van der Waals surface area contributed by atoms with E-state index in [2.05, 4.69) is 0 Å². The molecule has 0 radical (unpaired) electrons. The summed E-state index contributed by atoms with van der Waals surface area (Å²) >= 11 is 0. The summed E-state index contributed by atoms with van der Waals surface area (Å²) in [6, 6.07) is 5.10. The highest BCUT2D eigenvalue weighted by atomic mass is 18.2. The lowest BCUT2D eigenvalue weighted by atomic mass is 10.1. The third kappa shape index (κ3) is 3.12. The van der Waals surface area contributed by atoms with Gasteiger partial charge >= 0.3 is 0 Å². The fourth-order valence-electron chi connectivity index (χ4n) is 1.18. The number of ketones is 1. The predicted octanol–water partition coefficient (Wildman–Crippen LogP) is 2.58. The maximum absolute atomic E-state index is 13.3. The standard InChI is InChI=1S/C10H10FNO3/c1-7(13)6-10(11)8-2-4-9(5-3-8)12(14)15/h2-5,10H,6H2,1H3/i11-1. The Balaban J connectivity index is 2.79. The summed E-state index contributed by atoms with van der Waals surface area (Å²) in [5.41, 5.74) is 0.199. The van der Waals surface area contributed by atoms with Crippen LogP contribution in [0.4, 0.5) is 10.1 Å². The van der Waals surface area contributed by atoms with Crippen molar-refractivity contribution in [1.82, 2.24) is 0 Å². The van der Waals surface area contributed by atoms with E-state index in [0.29, 0.717) is 0 Å². The first-order chi connectivity index (χ1) is 7.00. The summed E-state index contributed by atoms with van der Waals surface area (Å²) in [6.07, 6.45) is -1.58. The van der Waals surface area contributed by atoms with Gasteiger partial charge in [-0.3, -0.25) is 14.9 Å². The lowest BCUT2D eigenvalue weighted by molar-refractivity contribution is -0.384. The van der Waals surface area contributed by atoms with Crippen LogP contribution in [0.15, 0.2) is 24.3 Å². The molecule has 0 saturated carbocycles. The molecule has 0 aliphatic carbocycles. The van der Waals surface area contributed by atoms with Crippen molar-refractivity contribution in [2.75, 3.05) is 0 Å². The number of Topliss-reactive ketones (excluding diaryl/α,β-unsaturated/α-hetero) is 1. The van der Waals surface area contributed by atoms with Gasteiger partial charge in [-0.15, -0.1) is 0 Å². The van der Waals surface area contributed by atoms with Gasteiger partial charge in [0.2, 0.25) is 0 Å². The van der Waals surface area contributed by atoms with E-state index in [1.165, 1.54) is 31.2 Å². The SMILES string of the molecule is CC(=O)CC([18F])c1ccc([N+](=O)[O-])cc1. The maximum Gasteiger partial charge on any atom is 0.269 e. The van der Waals surface area contributed by atoms with Crippen molar-refractivity contribution in [3.8, 4) is 0 Å². The Morgan fingerprint density at radius 2 is 2.00 bits per heavy atom. The average Bonchev–Trinajstić information content (AvgIpc) is 2.17. The Bertz CT molecular complexity index is 375. The van der Waals surface area contributed by atoms with E-state index in [4.69, 9.17) is 0 Å². The zero-order valence-corrected chi connectivity index (χ0v) is 8.14. The summed E-state index contributed by atoms with van der Waals surface area (Å²) < 4.78 is 13.3. The van der Waals surface area contributed by atoms with E-state index < -0.39 is 11.1 Å². The van der Waals surface area contributed by atoms with Gasteiger partial charge in [-0.05, 0) is 24.6 Å². The van der Waals surface area contributed by atoms with Gasteiger partial charge in [0, 0.05) is 18.6 Å². The Morgan fingerprint density at radius 3 is 2.40 bits per heavy atom. The molecule has 1 rings (SSSR count). The Kier molecular flexibility index (Phi) is 3.49.